The minimum Gasteiger partial charge on any atom is -0.462 e. The first-order valence-corrected chi connectivity index (χ1v) is 24.4. The fourth-order valence-electron chi connectivity index (χ4n) is 7.30. The van der Waals surface area contributed by atoms with E-state index in [2.05, 4.69) is 27.7 Å². The quantitative estimate of drug-likeness (QED) is 0.0348. The van der Waals surface area contributed by atoms with E-state index in [1.165, 1.54) is 167 Å². The number of carbonyl (C=O) groups is 3. The number of unbranched alkanes of at least 4 members (excludes halogenated alkanes) is 30. The molecule has 1 unspecified atom stereocenters. The molecule has 6 heteroatoms. The van der Waals surface area contributed by atoms with Gasteiger partial charge in [0.1, 0.15) is 13.2 Å². The number of hydrogen-bond acceptors (Lipinski definition) is 6. The molecule has 0 radical (unpaired) electrons. The summed E-state index contributed by atoms with van der Waals surface area (Å²) in [5.41, 5.74) is 0. The molecule has 0 rings (SSSR count). The van der Waals surface area contributed by atoms with Crippen LogP contribution in [0.1, 0.15) is 272 Å². The molecular weight excluding hydrogens is 685 g/mol. The summed E-state index contributed by atoms with van der Waals surface area (Å²) in [5.74, 6) is 0.0201. The topological polar surface area (TPSA) is 78.9 Å². The SMILES string of the molecule is CCCCCCCCCCCCCCC(=O)O[C@@H](COC(=O)CCCCCCCCCCCCC)COC(=O)CCCCCCCCCCCCC(C)CC. The van der Waals surface area contributed by atoms with Gasteiger partial charge in [-0.2, -0.15) is 0 Å². The Balaban J connectivity index is 4.32. The van der Waals surface area contributed by atoms with Gasteiger partial charge in [-0.25, -0.2) is 0 Å². The van der Waals surface area contributed by atoms with Gasteiger partial charge in [0.05, 0.1) is 0 Å². The van der Waals surface area contributed by atoms with E-state index >= 15 is 0 Å². The Hall–Kier alpha value is -1.59. The molecule has 0 amide bonds. The smallest absolute Gasteiger partial charge is 0.306 e. The van der Waals surface area contributed by atoms with Gasteiger partial charge in [-0.05, 0) is 25.2 Å². The zero-order valence-electron chi connectivity index (χ0n) is 37.4. The minimum absolute atomic E-state index is 0.0633. The molecule has 0 saturated carbocycles. The average molecular weight is 779 g/mol. The van der Waals surface area contributed by atoms with Crippen molar-refractivity contribution in [3.05, 3.63) is 0 Å². The maximum Gasteiger partial charge on any atom is 0.306 e. The number of esters is 3. The van der Waals surface area contributed by atoms with E-state index in [0.717, 1.165) is 63.7 Å². The second-order valence-corrected chi connectivity index (χ2v) is 17.0. The third-order valence-corrected chi connectivity index (χ3v) is 11.4. The molecule has 55 heavy (non-hydrogen) atoms. The van der Waals surface area contributed by atoms with Crippen LogP contribution in [0.15, 0.2) is 0 Å². The van der Waals surface area contributed by atoms with Gasteiger partial charge < -0.3 is 14.2 Å². The molecule has 0 fully saturated rings. The van der Waals surface area contributed by atoms with Gasteiger partial charge in [0.15, 0.2) is 6.10 Å². The molecule has 0 aromatic carbocycles. The van der Waals surface area contributed by atoms with Gasteiger partial charge in [-0.1, -0.05) is 233 Å². The van der Waals surface area contributed by atoms with Gasteiger partial charge in [-0.15, -0.1) is 0 Å². The van der Waals surface area contributed by atoms with E-state index in [4.69, 9.17) is 14.2 Å². The van der Waals surface area contributed by atoms with Crippen LogP contribution in [0.25, 0.3) is 0 Å². The molecule has 2 atom stereocenters. The van der Waals surface area contributed by atoms with Crippen LogP contribution in [0.5, 0.6) is 0 Å². The Kier molecular flexibility index (Phi) is 42.3. The third-order valence-electron chi connectivity index (χ3n) is 11.4. The highest BCUT2D eigenvalue weighted by Gasteiger charge is 2.19. The fourth-order valence-corrected chi connectivity index (χ4v) is 7.30. The predicted molar refractivity (Wildman–Crippen MR) is 233 cm³/mol. The Morgan fingerprint density at radius 1 is 0.364 bits per heavy atom. The molecular formula is C49H94O6. The molecule has 0 spiro atoms. The number of rotatable bonds is 44. The van der Waals surface area contributed by atoms with E-state index < -0.39 is 6.10 Å². The summed E-state index contributed by atoms with van der Waals surface area (Å²) in [6.07, 6.45) is 43.6. The molecule has 0 bridgehead atoms. The van der Waals surface area contributed by atoms with Crippen molar-refractivity contribution in [1.29, 1.82) is 0 Å². The van der Waals surface area contributed by atoms with E-state index in [1.54, 1.807) is 0 Å². The average Bonchev–Trinajstić information content (AvgIpc) is 3.18. The highest BCUT2D eigenvalue weighted by molar-refractivity contribution is 5.71. The summed E-state index contributed by atoms with van der Waals surface area (Å²) in [7, 11) is 0. The molecule has 0 aliphatic heterocycles. The number of ether oxygens (including phenoxy) is 3. The highest BCUT2D eigenvalue weighted by Crippen LogP contribution is 2.17. The lowest BCUT2D eigenvalue weighted by Crippen LogP contribution is -2.30. The minimum atomic E-state index is -0.759. The lowest BCUT2D eigenvalue weighted by atomic mass is 9.99. The maximum atomic E-state index is 12.7. The van der Waals surface area contributed by atoms with Crippen LogP contribution in [-0.2, 0) is 28.6 Å². The first kappa shape index (κ1) is 53.4. The monoisotopic (exact) mass is 779 g/mol. The third kappa shape index (κ3) is 41.9. The standard InChI is InChI=1S/C49H94O6/c1-5-8-10-12-14-16-18-20-26-30-34-38-42-49(52)55-46(43-53-47(50)40-36-32-28-24-19-17-15-13-11-9-6-2)44-54-48(51)41-37-33-29-25-22-21-23-27-31-35-39-45(4)7-3/h45-46H,5-44H2,1-4H3/t45?,46-/m0/s1. The van der Waals surface area contributed by atoms with Crippen molar-refractivity contribution < 1.29 is 28.6 Å². The Morgan fingerprint density at radius 2 is 0.636 bits per heavy atom. The number of carbonyl (C=O) groups excluding carboxylic acids is 3. The lowest BCUT2D eigenvalue weighted by Gasteiger charge is -2.18. The van der Waals surface area contributed by atoms with Crippen molar-refractivity contribution in [2.45, 2.75) is 278 Å². The first-order chi connectivity index (χ1) is 26.9. The van der Waals surface area contributed by atoms with Crippen molar-refractivity contribution in [3.63, 3.8) is 0 Å². The van der Waals surface area contributed by atoms with E-state index in [1.807, 2.05) is 0 Å². The summed E-state index contributed by atoms with van der Waals surface area (Å²) >= 11 is 0. The Labute approximate surface area is 342 Å². The van der Waals surface area contributed by atoms with Crippen LogP contribution >= 0.6 is 0 Å². The molecule has 0 N–H and O–H groups in total. The molecule has 0 heterocycles. The van der Waals surface area contributed by atoms with Crippen molar-refractivity contribution in [3.8, 4) is 0 Å². The molecule has 326 valence electrons. The van der Waals surface area contributed by atoms with Crippen molar-refractivity contribution in [2.75, 3.05) is 13.2 Å². The summed E-state index contributed by atoms with van der Waals surface area (Å²) < 4.78 is 16.8. The molecule has 0 saturated heterocycles. The summed E-state index contributed by atoms with van der Waals surface area (Å²) in [6, 6.07) is 0. The largest absolute Gasteiger partial charge is 0.462 e. The molecule has 6 nitrogen and oxygen atoms in total. The number of hydrogen-bond donors (Lipinski definition) is 0. The zero-order valence-corrected chi connectivity index (χ0v) is 37.4. The predicted octanol–water partition coefficient (Wildman–Crippen LogP) is 15.5. The van der Waals surface area contributed by atoms with E-state index in [9.17, 15) is 14.4 Å². The Morgan fingerprint density at radius 3 is 0.945 bits per heavy atom. The highest BCUT2D eigenvalue weighted by atomic mass is 16.6. The molecule has 0 aliphatic rings. The van der Waals surface area contributed by atoms with Crippen LogP contribution in [0.2, 0.25) is 0 Å². The summed E-state index contributed by atoms with van der Waals surface area (Å²) in [6.45, 7) is 9.03. The molecule has 0 aliphatic carbocycles. The zero-order chi connectivity index (χ0) is 40.3. The normalized spacial score (nSPS) is 12.4. The summed E-state index contributed by atoms with van der Waals surface area (Å²) in [4.78, 5) is 37.8. The van der Waals surface area contributed by atoms with Gasteiger partial charge in [-0.3, -0.25) is 14.4 Å². The van der Waals surface area contributed by atoms with Gasteiger partial charge in [0.2, 0.25) is 0 Å². The van der Waals surface area contributed by atoms with Crippen molar-refractivity contribution in [2.24, 2.45) is 5.92 Å². The van der Waals surface area contributed by atoms with Gasteiger partial charge in [0, 0.05) is 19.3 Å². The molecule has 0 aromatic rings. The van der Waals surface area contributed by atoms with Crippen LogP contribution in [0.4, 0.5) is 0 Å². The second-order valence-electron chi connectivity index (χ2n) is 17.0. The summed E-state index contributed by atoms with van der Waals surface area (Å²) in [5, 5.41) is 0. The van der Waals surface area contributed by atoms with E-state index in [-0.39, 0.29) is 31.1 Å². The lowest BCUT2D eigenvalue weighted by molar-refractivity contribution is -0.167. The molecule has 0 aromatic heterocycles. The maximum absolute atomic E-state index is 12.7. The van der Waals surface area contributed by atoms with Crippen molar-refractivity contribution in [1.82, 2.24) is 0 Å². The van der Waals surface area contributed by atoms with Crippen molar-refractivity contribution >= 4 is 17.9 Å². The van der Waals surface area contributed by atoms with Crippen LogP contribution in [0.3, 0.4) is 0 Å². The second kappa shape index (κ2) is 43.5. The van der Waals surface area contributed by atoms with Crippen LogP contribution < -0.4 is 0 Å². The fraction of sp³-hybridized carbons (Fsp3) is 0.939. The van der Waals surface area contributed by atoms with Gasteiger partial charge in [0.25, 0.3) is 0 Å². The van der Waals surface area contributed by atoms with Crippen LogP contribution in [0, 0.1) is 5.92 Å². The van der Waals surface area contributed by atoms with Crippen LogP contribution in [-0.4, -0.2) is 37.2 Å². The first-order valence-electron chi connectivity index (χ1n) is 24.4. The van der Waals surface area contributed by atoms with E-state index in [0.29, 0.717) is 19.3 Å². The van der Waals surface area contributed by atoms with Gasteiger partial charge >= 0.3 is 17.9 Å². The Bertz CT molecular complexity index is 828.